The molecule has 0 saturated heterocycles. The van der Waals surface area contributed by atoms with Crippen LogP contribution in [-0.4, -0.2) is 30.4 Å². The van der Waals surface area contributed by atoms with E-state index in [4.69, 9.17) is 5.73 Å². The van der Waals surface area contributed by atoms with Crippen molar-refractivity contribution in [2.45, 2.75) is 0 Å². The highest BCUT2D eigenvalue weighted by atomic mass is 16.2. The number of benzene rings is 1. The zero-order valence-corrected chi connectivity index (χ0v) is 9.91. The van der Waals surface area contributed by atoms with Gasteiger partial charge in [0.25, 0.3) is 5.91 Å². The van der Waals surface area contributed by atoms with E-state index in [1.54, 1.807) is 31.3 Å². The second kappa shape index (κ2) is 4.89. The van der Waals surface area contributed by atoms with Crippen LogP contribution in [0.4, 0.5) is 5.69 Å². The van der Waals surface area contributed by atoms with Gasteiger partial charge in [0.1, 0.15) is 5.69 Å². The van der Waals surface area contributed by atoms with Gasteiger partial charge in [0.15, 0.2) is 0 Å². The van der Waals surface area contributed by atoms with Crippen LogP contribution in [-0.2, 0) is 4.79 Å². The van der Waals surface area contributed by atoms with Crippen LogP contribution < -0.4 is 16.4 Å². The highest BCUT2D eigenvalue weighted by Gasteiger charge is 2.07. The third kappa shape index (κ3) is 2.49. The molecule has 2 amide bonds. The van der Waals surface area contributed by atoms with Crippen molar-refractivity contribution in [2.75, 3.05) is 18.9 Å². The molecule has 0 radical (unpaired) electrons. The number of hydrogen-bond acceptors (Lipinski definition) is 3. The van der Waals surface area contributed by atoms with Crippen molar-refractivity contribution in [2.24, 2.45) is 5.73 Å². The number of carbonyl (C=O) groups is 2. The molecule has 0 unspecified atom stereocenters. The summed E-state index contributed by atoms with van der Waals surface area (Å²) in [5, 5.41) is 6.33. The maximum absolute atomic E-state index is 11.4. The van der Waals surface area contributed by atoms with Crippen molar-refractivity contribution in [3.63, 3.8) is 0 Å². The van der Waals surface area contributed by atoms with Crippen LogP contribution >= 0.6 is 0 Å². The average Bonchev–Trinajstić information content (AvgIpc) is 2.72. The van der Waals surface area contributed by atoms with Crippen LogP contribution in [0, 0.1) is 0 Å². The summed E-state index contributed by atoms with van der Waals surface area (Å²) in [6.07, 6.45) is 0. The lowest BCUT2D eigenvalue weighted by molar-refractivity contribution is -0.115. The summed E-state index contributed by atoms with van der Waals surface area (Å²) in [6, 6.07) is 6.99. The van der Waals surface area contributed by atoms with E-state index in [-0.39, 0.29) is 12.5 Å². The Labute approximate surface area is 104 Å². The molecule has 0 spiro atoms. The van der Waals surface area contributed by atoms with Crippen LogP contribution in [0.3, 0.4) is 0 Å². The Hall–Kier alpha value is -2.34. The predicted molar refractivity (Wildman–Crippen MR) is 69.4 cm³/mol. The summed E-state index contributed by atoms with van der Waals surface area (Å²) in [7, 11) is 1.70. The van der Waals surface area contributed by atoms with E-state index in [0.29, 0.717) is 11.4 Å². The first-order valence-corrected chi connectivity index (χ1v) is 5.47. The summed E-state index contributed by atoms with van der Waals surface area (Å²) < 4.78 is 0. The first-order chi connectivity index (χ1) is 8.60. The number of rotatable bonds is 4. The van der Waals surface area contributed by atoms with Crippen molar-refractivity contribution in [3.8, 4) is 0 Å². The molecule has 6 heteroatoms. The number of primary amides is 1. The molecule has 94 valence electrons. The molecule has 1 aromatic heterocycles. The first-order valence-electron chi connectivity index (χ1n) is 5.47. The Morgan fingerprint density at radius 2 is 2.11 bits per heavy atom. The number of fused-ring (bicyclic) bond motifs is 1. The standard InChI is InChI=1S/C12H14N4O2/c1-14-6-11(17)15-8-2-3-9-7(4-8)5-10(16-9)12(13)18/h2-5,14,16H,6H2,1H3,(H2,13,18)(H,15,17). The summed E-state index contributed by atoms with van der Waals surface area (Å²) in [5.41, 5.74) is 7.02. The number of anilines is 1. The number of amides is 2. The normalized spacial score (nSPS) is 10.5. The first kappa shape index (κ1) is 12.1. The van der Waals surface area contributed by atoms with Gasteiger partial charge in [-0.15, -0.1) is 0 Å². The molecule has 0 aliphatic heterocycles. The minimum absolute atomic E-state index is 0.123. The smallest absolute Gasteiger partial charge is 0.265 e. The largest absolute Gasteiger partial charge is 0.364 e. The van der Waals surface area contributed by atoms with E-state index < -0.39 is 5.91 Å². The number of H-pyrrole nitrogens is 1. The summed E-state index contributed by atoms with van der Waals surface area (Å²) in [5.74, 6) is -0.630. The SMILES string of the molecule is CNCC(=O)Nc1ccc2[nH]c(C(N)=O)cc2c1. The van der Waals surface area contributed by atoms with Gasteiger partial charge in [0.05, 0.1) is 6.54 Å². The maximum atomic E-state index is 11.4. The molecule has 0 aliphatic carbocycles. The fourth-order valence-corrected chi connectivity index (χ4v) is 1.71. The minimum atomic E-state index is -0.507. The highest BCUT2D eigenvalue weighted by Crippen LogP contribution is 2.19. The monoisotopic (exact) mass is 246 g/mol. The maximum Gasteiger partial charge on any atom is 0.265 e. The van der Waals surface area contributed by atoms with E-state index >= 15 is 0 Å². The van der Waals surface area contributed by atoms with Gasteiger partial charge in [0.2, 0.25) is 5.91 Å². The highest BCUT2D eigenvalue weighted by molar-refractivity contribution is 5.99. The number of hydrogen-bond donors (Lipinski definition) is 4. The van der Waals surface area contributed by atoms with Crippen molar-refractivity contribution in [1.29, 1.82) is 0 Å². The summed E-state index contributed by atoms with van der Waals surface area (Å²) >= 11 is 0. The molecule has 1 aromatic carbocycles. The molecular weight excluding hydrogens is 232 g/mol. The molecule has 2 aromatic rings. The van der Waals surface area contributed by atoms with Crippen molar-refractivity contribution < 1.29 is 9.59 Å². The van der Waals surface area contributed by atoms with Gasteiger partial charge in [-0.3, -0.25) is 9.59 Å². The Balaban J connectivity index is 2.26. The number of aromatic nitrogens is 1. The van der Waals surface area contributed by atoms with Gasteiger partial charge in [-0.25, -0.2) is 0 Å². The molecule has 0 aliphatic rings. The van der Waals surface area contributed by atoms with E-state index in [1.807, 2.05) is 0 Å². The second-order valence-electron chi connectivity index (χ2n) is 3.93. The van der Waals surface area contributed by atoms with Gasteiger partial charge in [-0.2, -0.15) is 0 Å². The zero-order chi connectivity index (χ0) is 13.1. The molecule has 2 rings (SSSR count). The van der Waals surface area contributed by atoms with E-state index in [9.17, 15) is 9.59 Å². The number of nitrogens with two attached hydrogens (primary N) is 1. The van der Waals surface area contributed by atoms with E-state index in [2.05, 4.69) is 15.6 Å². The lowest BCUT2D eigenvalue weighted by Gasteiger charge is -2.04. The van der Waals surface area contributed by atoms with Gasteiger partial charge in [-0.05, 0) is 31.3 Å². The van der Waals surface area contributed by atoms with Crippen LogP contribution in [0.25, 0.3) is 10.9 Å². The third-order valence-electron chi connectivity index (χ3n) is 2.51. The van der Waals surface area contributed by atoms with Crippen molar-refractivity contribution in [1.82, 2.24) is 10.3 Å². The third-order valence-corrected chi connectivity index (χ3v) is 2.51. The van der Waals surface area contributed by atoms with Crippen LogP contribution in [0.2, 0.25) is 0 Å². The Morgan fingerprint density at radius 1 is 1.33 bits per heavy atom. The molecule has 5 N–H and O–H groups in total. The van der Waals surface area contributed by atoms with Gasteiger partial charge in [-0.1, -0.05) is 0 Å². The molecular formula is C12H14N4O2. The molecule has 0 saturated carbocycles. The lowest BCUT2D eigenvalue weighted by atomic mass is 10.2. The molecule has 1 heterocycles. The minimum Gasteiger partial charge on any atom is -0.364 e. The summed E-state index contributed by atoms with van der Waals surface area (Å²) in [6.45, 7) is 0.248. The average molecular weight is 246 g/mol. The fraction of sp³-hybridized carbons (Fsp3) is 0.167. The van der Waals surface area contributed by atoms with Crippen molar-refractivity contribution in [3.05, 3.63) is 30.0 Å². The Kier molecular flexibility index (Phi) is 3.29. The van der Waals surface area contributed by atoms with Crippen LogP contribution in [0.1, 0.15) is 10.5 Å². The predicted octanol–water partition coefficient (Wildman–Crippen LogP) is 0.425. The number of carbonyl (C=O) groups excluding carboxylic acids is 2. The Bertz CT molecular complexity index is 603. The molecule has 18 heavy (non-hydrogen) atoms. The van der Waals surface area contributed by atoms with Gasteiger partial charge >= 0.3 is 0 Å². The molecule has 0 bridgehead atoms. The molecule has 6 nitrogen and oxygen atoms in total. The van der Waals surface area contributed by atoms with E-state index in [0.717, 1.165) is 10.9 Å². The second-order valence-corrected chi connectivity index (χ2v) is 3.93. The molecule has 0 fully saturated rings. The topological polar surface area (TPSA) is 100 Å². The van der Waals surface area contributed by atoms with Crippen molar-refractivity contribution >= 4 is 28.4 Å². The van der Waals surface area contributed by atoms with Crippen LogP contribution in [0.5, 0.6) is 0 Å². The fourth-order valence-electron chi connectivity index (χ4n) is 1.71. The number of aromatic amines is 1. The van der Waals surface area contributed by atoms with Crippen LogP contribution in [0.15, 0.2) is 24.3 Å². The zero-order valence-electron chi connectivity index (χ0n) is 9.91. The van der Waals surface area contributed by atoms with Gasteiger partial charge < -0.3 is 21.4 Å². The quantitative estimate of drug-likeness (QED) is 0.629. The number of nitrogens with one attached hydrogen (secondary N) is 3. The Morgan fingerprint density at radius 3 is 2.78 bits per heavy atom. The number of likely N-dealkylation sites (N-methyl/N-ethyl adjacent to an activating group) is 1. The van der Waals surface area contributed by atoms with E-state index in [1.165, 1.54) is 0 Å². The lowest BCUT2D eigenvalue weighted by Crippen LogP contribution is -2.24. The summed E-state index contributed by atoms with van der Waals surface area (Å²) in [4.78, 5) is 25.3. The molecule has 0 atom stereocenters. The van der Waals surface area contributed by atoms with Gasteiger partial charge in [0, 0.05) is 16.6 Å².